The lowest BCUT2D eigenvalue weighted by atomic mass is 10.0. The predicted octanol–water partition coefficient (Wildman–Crippen LogP) is 5.92. The van der Waals surface area contributed by atoms with Gasteiger partial charge in [-0.3, -0.25) is 4.79 Å². The van der Waals surface area contributed by atoms with Gasteiger partial charge >= 0.3 is 0 Å². The zero-order valence-corrected chi connectivity index (χ0v) is 17.5. The van der Waals surface area contributed by atoms with E-state index in [9.17, 15) is 4.79 Å². The summed E-state index contributed by atoms with van der Waals surface area (Å²) in [7, 11) is 0. The van der Waals surface area contributed by atoms with Gasteiger partial charge in [0.25, 0.3) is 5.91 Å². The highest BCUT2D eigenvalue weighted by molar-refractivity contribution is 6.05. The number of pyridine rings is 1. The fraction of sp³-hybridized carbons (Fsp3) is 0.0370. The molecule has 0 unspecified atom stereocenters. The Balaban J connectivity index is 1.59. The first kappa shape index (κ1) is 19.6. The van der Waals surface area contributed by atoms with Crippen molar-refractivity contribution in [3.8, 4) is 22.5 Å². The maximum Gasteiger partial charge on any atom is 0.256 e. The van der Waals surface area contributed by atoms with Crippen molar-refractivity contribution in [2.45, 2.75) is 6.92 Å². The van der Waals surface area contributed by atoms with Crippen molar-refractivity contribution in [2.75, 3.05) is 5.32 Å². The van der Waals surface area contributed by atoms with Gasteiger partial charge in [-0.05, 0) is 42.8 Å². The first-order valence-electron chi connectivity index (χ1n) is 10.3. The van der Waals surface area contributed by atoms with Gasteiger partial charge in [0.05, 0.1) is 22.4 Å². The number of nitrogens with one attached hydrogen (secondary N) is 1. The lowest BCUT2D eigenvalue weighted by Crippen LogP contribution is -2.13. The van der Waals surface area contributed by atoms with Gasteiger partial charge in [-0.15, -0.1) is 0 Å². The summed E-state index contributed by atoms with van der Waals surface area (Å²) >= 11 is 0. The second-order valence-corrected chi connectivity index (χ2v) is 7.53. The monoisotopic (exact) mass is 416 g/mol. The van der Waals surface area contributed by atoms with Crippen molar-refractivity contribution < 1.29 is 4.79 Å². The fourth-order valence-electron chi connectivity index (χ4n) is 3.58. The summed E-state index contributed by atoms with van der Waals surface area (Å²) in [6.45, 7) is 1.96. The van der Waals surface area contributed by atoms with E-state index in [0.717, 1.165) is 33.6 Å². The van der Waals surface area contributed by atoms with Gasteiger partial charge in [0, 0.05) is 22.9 Å². The molecule has 3 aromatic carbocycles. The molecular weight excluding hydrogens is 396 g/mol. The molecule has 0 saturated heterocycles. The minimum absolute atomic E-state index is 0.236. The highest BCUT2D eigenvalue weighted by Gasteiger charge is 2.15. The van der Waals surface area contributed by atoms with Crippen molar-refractivity contribution in [1.82, 2.24) is 15.0 Å². The number of benzene rings is 3. The molecule has 1 amide bonds. The standard InChI is InChI=1S/C27H20N4O/c1-18-14-15-28-24(16-18)31-27(32)21-12-13-22-23(17-21)30-26(20-10-6-3-7-11-20)25(29-22)19-8-4-2-5-9-19/h2-17H,1H3,(H,28,31,32). The molecule has 154 valence electrons. The molecular formula is C27H20N4O. The number of carbonyl (C=O) groups excluding carboxylic acids is 1. The summed E-state index contributed by atoms with van der Waals surface area (Å²) in [5.41, 5.74) is 6.48. The van der Waals surface area contributed by atoms with E-state index in [2.05, 4.69) is 10.3 Å². The molecule has 2 heterocycles. The van der Waals surface area contributed by atoms with Crippen LogP contribution in [0.1, 0.15) is 15.9 Å². The van der Waals surface area contributed by atoms with Crippen LogP contribution in [0.4, 0.5) is 5.82 Å². The highest BCUT2D eigenvalue weighted by Crippen LogP contribution is 2.31. The van der Waals surface area contributed by atoms with Crippen LogP contribution >= 0.6 is 0 Å². The maximum atomic E-state index is 12.8. The molecule has 5 aromatic rings. The number of aryl methyl sites for hydroxylation is 1. The van der Waals surface area contributed by atoms with Gasteiger partial charge in [-0.25, -0.2) is 15.0 Å². The van der Waals surface area contributed by atoms with Gasteiger partial charge in [0.2, 0.25) is 0 Å². The summed E-state index contributed by atoms with van der Waals surface area (Å²) in [6.07, 6.45) is 1.67. The van der Waals surface area contributed by atoms with E-state index < -0.39 is 0 Å². The number of carbonyl (C=O) groups is 1. The van der Waals surface area contributed by atoms with Crippen LogP contribution in [0.5, 0.6) is 0 Å². The number of aromatic nitrogens is 3. The maximum absolute atomic E-state index is 12.8. The third kappa shape index (κ3) is 3.96. The van der Waals surface area contributed by atoms with E-state index in [1.54, 1.807) is 18.3 Å². The average Bonchev–Trinajstić information content (AvgIpc) is 2.84. The minimum Gasteiger partial charge on any atom is -0.307 e. The predicted molar refractivity (Wildman–Crippen MR) is 127 cm³/mol. The van der Waals surface area contributed by atoms with E-state index in [1.807, 2.05) is 85.8 Å². The largest absolute Gasteiger partial charge is 0.307 e. The van der Waals surface area contributed by atoms with Crippen LogP contribution in [0.3, 0.4) is 0 Å². The average molecular weight is 416 g/mol. The molecule has 5 heteroatoms. The lowest BCUT2D eigenvalue weighted by Gasteiger charge is -2.11. The summed E-state index contributed by atoms with van der Waals surface area (Å²) in [5, 5.41) is 2.85. The Morgan fingerprint density at radius 3 is 1.97 bits per heavy atom. The topological polar surface area (TPSA) is 67.8 Å². The molecule has 32 heavy (non-hydrogen) atoms. The van der Waals surface area contributed by atoms with Crippen LogP contribution in [-0.2, 0) is 0 Å². The summed E-state index contributed by atoms with van der Waals surface area (Å²) in [6, 6.07) is 29.1. The first-order valence-corrected chi connectivity index (χ1v) is 10.3. The first-order chi connectivity index (χ1) is 15.7. The normalized spacial score (nSPS) is 10.8. The molecule has 0 fully saturated rings. The van der Waals surface area contributed by atoms with Gasteiger partial charge in [0.1, 0.15) is 5.82 Å². The number of hydrogen-bond donors (Lipinski definition) is 1. The van der Waals surface area contributed by atoms with E-state index >= 15 is 0 Å². The summed E-state index contributed by atoms with van der Waals surface area (Å²) in [5.74, 6) is 0.283. The molecule has 5 rings (SSSR count). The minimum atomic E-state index is -0.236. The van der Waals surface area contributed by atoms with E-state index in [0.29, 0.717) is 16.9 Å². The summed E-state index contributed by atoms with van der Waals surface area (Å²) in [4.78, 5) is 26.9. The molecule has 0 spiro atoms. The molecule has 0 aliphatic heterocycles. The van der Waals surface area contributed by atoms with Crippen LogP contribution in [0.2, 0.25) is 0 Å². The number of nitrogens with zero attached hydrogens (tertiary/aromatic N) is 3. The van der Waals surface area contributed by atoms with Crippen LogP contribution in [-0.4, -0.2) is 20.9 Å². The van der Waals surface area contributed by atoms with Gasteiger partial charge in [-0.2, -0.15) is 0 Å². The third-order valence-corrected chi connectivity index (χ3v) is 5.18. The number of hydrogen-bond acceptors (Lipinski definition) is 4. The van der Waals surface area contributed by atoms with Crippen molar-refractivity contribution >= 4 is 22.8 Å². The molecule has 1 N–H and O–H groups in total. The zero-order valence-electron chi connectivity index (χ0n) is 17.5. The van der Waals surface area contributed by atoms with Crippen LogP contribution in [0, 0.1) is 6.92 Å². The molecule has 5 nitrogen and oxygen atoms in total. The smallest absolute Gasteiger partial charge is 0.256 e. The quantitative estimate of drug-likeness (QED) is 0.395. The Hall–Kier alpha value is -4.38. The molecule has 2 aromatic heterocycles. The second-order valence-electron chi connectivity index (χ2n) is 7.53. The SMILES string of the molecule is Cc1ccnc(NC(=O)c2ccc3nc(-c4ccccc4)c(-c4ccccc4)nc3c2)c1. The highest BCUT2D eigenvalue weighted by atomic mass is 16.1. The van der Waals surface area contributed by atoms with Crippen molar-refractivity contribution in [3.63, 3.8) is 0 Å². The molecule has 0 aliphatic carbocycles. The van der Waals surface area contributed by atoms with E-state index in [4.69, 9.17) is 9.97 Å². The lowest BCUT2D eigenvalue weighted by molar-refractivity contribution is 0.102. The number of amides is 1. The molecule has 0 atom stereocenters. The Bertz CT molecular complexity index is 1420. The van der Waals surface area contributed by atoms with E-state index in [1.165, 1.54) is 0 Å². The van der Waals surface area contributed by atoms with Gasteiger partial charge in [-0.1, -0.05) is 60.7 Å². The Morgan fingerprint density at radius 2 is 1.34 bits per heavy atom. The second kappa shape index (κ2) is 8.40. The summed E-state index contributed by atoms with van der Waals surface area (Å²) < 4.78 is 0. The number of anilines is 1. The Kier molecular flexibility index (Phi) is 5.14. The fourth-order valence-corrected chi connectivity index (χ4v) is 3.58. The number of fused-ring (bicyclic) bond motifs is 1. The Morgan fingerprint density at radius 1 is 0.719 bits per heavy atom. The van der Waals surface area contributed by atoms with Crippen molar-refractivity contribution in [2.24, 2.45) is 0 Å². The molecule has 0 aliphatic rings. The van der Waals surface area contributed by atoms with E-state index in [-0.39, 0.29) is 5.91 Å². The van der Waals surface area contributed by atoms with Gasteiger partial charge < -0.3 is 5.32 Å². The molecule has 0 saturated carbocycles. The van der Waals surface area contributed by atoms with Crippen LogP contribution in [0.25, 0.3) is 33.5 Å². The van der Waals surface area contributed by atoms with Crippen LogP contribution < -0.4 is 5.32 Å². The Labute approximate surface area is 185 Å². The van der Waals surface area contributed by atoms with Gasteiger partial charge in [0.15, 0.2) is 0 Å². The zero-order chi connectivity index (χ0) is 21.9. The van der Waals surface area contributed by atoms with Crippen LogP contribution in [0.15, 0.2) is 97.2 Å². The van der Waals surface area contributed by atoms with Crippen molar-refractivity contribution in [1.29, 1.82) is 0 Å². The number of rotatable bonds is 4. The molecule has 0 radical (unpaired) electrons. The molecule has 0 bridgehead atoms. The third-order valence-electron chi connectivity index (χ3n) is 5.18. The van der Waals surface area contributed by atoms with Crippen molar-refractivity contribution in [3.05, 3.63) is 108 Å².